The van der Waals surface area contributed by atoms with Crippen LogP contribution in [0.15, 0.2) is 33.9 Å². The molecule has 0 amide bonds. The molecule has 0 saturated carbocycles. The lowest BCUT2D eigenvalue weighted by atomic mass is 9.92. The Balaban J connectivity index is 1.48. The molecular formula is C18H19F4N3O2S. The van der Waals surface area contributed by atoms with Crippen LogP contribution in [0.5, 0.6) is 5.75 Å². The Morgan fingerprint density at radius 1 is 1.18 bits per heavy atom. The third kappa shape index (κ3) is 4.07. The Morgan fingerprint density at radius 3 is 2.64 bits per heavy atom. The van der Waals surface area contributed by atoms with Crippen molar-refractivity contribution in [1.82, 2.24) is 10.1 Å². The average Bonchev–Trinajstić information content (AvgIpc) is 3.19. The molecule has 1 aromatic heterocycles. The Kier molecular flexibility index (Phi) is 5.42. The lowest BCUT2D eigenvalue weighted by Crippen LogP contribution is -2.42. The Morgan fingerprint density at radius 2 is 1.96 bits per heavy atom. The quantitative estimate of drug-likeness (QED) is 0.556. The van der Waals surface area contributed by atoms with Crippen LogP contribution < -0.4 is 9.46 Å². The van der Waals surface area contributed by atoms with Crippen LogP contribution in [0.3, 0.4) is 0 Å². The van der Waals surface area contributed by atoms with E-state index in [1.165, 1.54) is 12.3 Å². The maximum absolute atomic E-state index is 14.6. The number of piperidine rings is 1. The summed E-state index contributed by atoms with van der Waals surface area (Å²) in [4.78, 5) is 2.36. The van der Waals surface area contributed by atoms with E-state index in [1.807, 2.05) is 4.90 Å². The molecule has 5 nitrogen and oxygen atoms in total. The fourth-order valence-corrected chi connectivity index (χ4v) is 4.38. The highest BCUT2D eigenvalue weighted by atomic mass is 32.2. The molecule has 152 valence electrons. The molecule has 0 unspecified atom stereocenters. The molecule has 10 heteroatoms. The minimum atomic E-state index is -4.14. The largest absolute Gasteiger partial charge is 0.493 e. The van der Waals surface area contributed by atoms with Crippen molar-refractivity contribution in [2.75, 3.05) is 24.4 Å². The summed E-state index contributed by atoms with van der Waals surface area (Å²) in [5, 5.41) is 3.70. The van der Waals surface area contributed by atoms with Gasteiger partial charge in [-0.15, -0.1) is 0 Å². The van der Waals surface area contributed by atoms with Crippen molar-refractivity contribution in [3.05, 3.63) is 35.8 Å². The number of nitrogens with zero attached hydrogens (tertiary/aromatic N) is 2. The molecular weight excluding hydrogens is 398 g/mol. The van der Waals surface area contributed by atoms with Crippen molar-refractivity contribution in [3.8, 4) is 5.75 Å². The van der Waals surface area contributed by atoms with Crippen LogP contribution in [0.1, 0.15) is 30.9 Å². The summed E-state index contributed by atoms with van der Waals surface area (Å²) in [6, 6.07) is 4.54. The van der Waals surface area contributed by atoms with Crippen molar-refractivity contribution in [2.45, 2.75) is 36.4 Å². The molecule has 0 bridgehead atoms. The van der Waals surface area contributed by atoms with Crippen LogP contribution in [-0.2, 0) is 0 Å². The lowest BCUT2D eigenvalue weighted by Gasteiger charge is -2.40. The first kappa shape index (κ1) is 19.4. The number of alkyl halides is 3. The molecule has 1 N–H and O–H groups in total. The van der Waals surface area contributed by atoms with Gasteiger partial charge in [0.1, 0.15) is 17.8 Å². The van der Waals surface area contributed by atoms with Gasteiger partial charge in [0.05, 0.1) is 17.4 Å². The summed E-state index contributed by atoms with van der Waals surface area (Å²) >= 11 is 1.05. The van der Waals surface area contributed by atoms with E-state index in [0.29, 0.717) is 48.1 Å². The molecule has 0 aliphatic carbocycles. The summed E-state index contributed by atoms with van der Waals surface area (Å²) in [5.41, 5.74) is 0.694. The SMILES string of the molecule is Fc1cc2c(cc1SNc1ccon1)OCC[C@@H]2N1CCC(C(F)(F)F)CC1. The topological polar surface area (TPSA) is 50.5 Å². The first-order valence-corrected chi connectivity index (χ1v) is 9.83. The number of rotatable bonds is 4. The Hall–Kier alpha value is -1.94. The fourth-order valence-electron chi connectivity index (χ4n) is 3.74. The van der Waals surface area contributed by atoms with E-state index in [-0.39, 0.29) is 18.9 Å². The van der Waals surface area contributed by atoms with Gasteiger partial charge in [-0.2, -0.15) is 13.2 Å². The van der Waals surface area contributed by atoms with E-state index in [4.69, 9.17) is 9.26 Å². The zero-order valence-electron chi connectivity index (χ0n) is 14.8. The summed E-state index contributed by atoms with van der Waals surface area (Å²) < 4.78 is 66.7. The highest BCUT2D eigenvalue weighted by Crippen LogP contribution is 2.42. The molecule has 0 spiro atoms. The number of nitrogens with one attached hydrogen (secondary N) is 1. The molecule has 1 aromatic carbocycles. The molecule has 0 radical (unpaired) electrons. The number of likely N-dealkylation sites (tertiary alicyclic amines) is 1. The number of aromatic nitrogens is 1. The number of anilines is 1. The molecule has 2 aliphatic rings. The molecule has 2 aromatic rings. The maximum atomic E-state index is 14.6. The highest BCUT2D eigenvalue weighted by molar-refractivity contribution is 8.00. The van der Waals surface area contributed by atoms with Gasteiger partial charge in [-0.3, -0.25) is 4.90 Å². The second-order valence-corrected chi connectivity index (χ2v) is 7.76. The van der Waals surface area contributed by atoms with Gasteiger partial charge in [0.25, 0.3) is 0 Å². The average molecular weight is 417 g/mol. The Labute approximate surface area is 163 Å². The number of hydrogen-bond donors (Lipinski definition) is 1. The minimum Gasteiger partial charge on any atom is -0.493 e. The summed E-state index contributed by atoms with van der Waals surface area (Å²) in [6.45, 7) is 1.14. The molecule has 1 saturated heterocycles. The van der Waals surface area contributed by atoms with Crippen molar-refractivity contribution in [1.29, 1.82) is 0 Å². The van der Waals surface area contributed by atoms with Gasteiger partial charge >= 0.3 is 6.18 Å². The number of hydrogen-bond acceptors (Lipinski definition) is 6. The van der Waals surface area contributed by atoms with Gasteiger partial charge in [-0.05, 0) is 50.0 Å². The second-order valence-electron chi connectivity index (χ2n) is 6.91. The van der Waals surface area contributed by atoms with Crippen LogP contribution >= 0.6 is 11.9 Å². The molecule has 1 fully saturated rings. The Bertz CT molecular complexity index is 808. The zero-order chi connectivity index (χ0) is 19.7. The van der Waals surface area contributed by atoms with Crippen LogP contribution in [0.4, 0.5) is 23.4 Å². The van der Waals surface area contributed by atoms with Gasteiger partial charge in [0.15, 0.2) is 5.82 Å². The van der Waals surface area contributed by atoms with E-state index in [1.54, 1.807) is 12.1 Å². The summed E-state index contributed by atoms with van der Waals surface area (Å²) in [5.74, 6) is -0.630. The maximum Gasteiger partial charge on any atom is 0.391 e. The van der Waals surface area contributed by atoms with Gasteiger partial charge in [-0.25, -0.2) is 4.39 Å². The number of benzene rings is 1. The summed E-state index contributed by atoms with van der Waals surface area (Å²) in [7, 11) is 0. The highest BCUT2D eigenvalue weighted by Gasteiger charge is 2.42. The van der Waals surface area contributed by atoms with E-state index < -0.39 is 17.9 Å². The number of halogens is 4. The first-order valence-electron chi connectivity index (χ1n) is 9.02. The van der Waals surface area contributed by atoms with Crippen LogP contribution in [0.25, 0.3) is 0 Å². The minimum absolute atomic E-state index is 0.0776. The zero-order valence-corrected chi connectivity index (χ0v) is 15.7. The third-order valence-corrected chi connectivity index (χ3v) is 6.05. The molecule has 2 aliphatic heterocycles. The van der Waals surface area contributed by atoms with E-state index >= 15 is 0 Å². The summed E-state index contributed by atoms with van der Waals surface area (Å²) in [6.07, 6.45) is -1.95. The monoisotopic (exact) mass is 417 g/mol. The fraction of sp³-hybridized carbons (Fsp3) is 0.500. The third-order valence-electron chi connectivity index (χ3n) is 5.21. The van der Waals surface area contributed by atoms with E-state index in [2.05, 4.69) is 9.88 Å². The van der Waals surface area contributed by atoms with Crippen molar-refractivity contribution >= 4 is 17.8 Å². The predicted octanol–water partition coefficient (Wildman–Crippen LogP) is 5.03. The predicted molar refractivity (Wildman–Crippen MR) is 95.6 cm³/mol. The standard InChI is InChI=1S/C18H19F4N3O2S/c19-13-9-12-14(25-5-1-11(2-6-25)18(20,21)22)3-7-26-15(12)10-16(13)28-24-17-4-8-27-23-17/h4,8-11,14H,1-3,5-7H2,(H,23,24)/t14-/m0/s1. The second kappa shape index (κ2) is 7.82. The molecule has 1 atom stereocenters. The smallest absolute Gasteiger partial charge is 0.391 e. The van der Waals surface area contributed by atoms with Crippen molar-refractivity contribution < 1.29 is 26.8 Å². The van der Waals surface area contributed by atoms with Crippen LogP contribution in [-0.4, -0.2) is 35.9 Å². The number of fused-ring (bicyclic) bond motifs is 1. The van der Waals surface area contributed by atoms with Gasteiger partial charge in [-0.1, -0.05) is 5.16 Å². The van der Waals surface area contributed by atoms with E-state index in [9.17, 15) is 17.6 Å². The normalized spacial score (nSPS) is 21.2. The van der Waals surface area contributed by atoms with Gasteiger partial charge < -0.3 is 14.0 Å². The van der Waals surface area contributed by atoms with Crippen LogP contribution in [0.2, 0.25) is 0 Å². The first-order chi connectivity index (χ1) is 13.4. The van der Waals surface area contributed by atoms with E-state index in [0.717, 1.165) is 11.9 Å². The van der Waals surface area contributed by atoms with Crippen molar-refractivity contribution in [2.24, 2.45) is 5.92 Å². The molecule has 28 heavy (non-hydrogen) atoms. The van der Waals surface area contributed by atoms with Gasteiger partial charge in [0, 0.05) is 24.1 Å². The lowest BCUT2D eigenvalue weighted by molar-refractivity contribution is -0.186. The van der Waals surface area contributed by atoms with Gasteiger partial charge in [0.2, 0.25) is 0 Å². The molecule has 3 heterocycles. The van der Waals surface area contributed by atoms with Crippen molar-refractivity contribution in [3.63, 3.8) is 0 Å². The number of ether oxygens (including phenoxy) is 1. The molecule has 4 rings (SSSR count). The van der Waals surface area contributed by atoms with Crippen LogP contribution in [0, 0.1) is 11.7 Å².